The van der Waals surface area contributed by atoms with Crippen LogP contribution < -0.4 is 5.73 Å². The Bertz CT molecular complexity index is 521. The molecule has 1 atom stereocenters. The summed E-state index contributed by atoms with van der Waals surface area (Å²) in [5, 5.41) is 0. The Labute approximate surface area is 130 Å². The van der Waals surface area contributed by atoms with E-state index >= 15 is 0 Å². The largest absolute Gasteiger partial charge is 0.325 e. The molecule has 98 valence electrons. The van der Waals surface area contributed by atoms with E-state index in [9.17, 15) is 0 Å². The molecule has 0 aliphatic carbocycles. The Morgan fingerprint density at radius 2 is 1.26 bits per heavy atom. The fraction of sp³-hybridized carbons (Fsp3) is 0.125. The standard InChI is InChI=1S/C16H15Br2N/c1-11(19)10-16(12-2-6-14(17)7-3-12)13-4-8-15(18)9-5-13/h2-11H,19H2,1H3. The van der Waals surface area contributed by atoms with Gasteiger partial charge in [0.05, 0.1) is 0 Å². The van der Waals surface area contributed by atoms with E-state index in [2.05, 4.69) is 62.2 Å². The van der Waals surface area contributed by atoms with Crippen molar-refractivity contribution < 1.29 is 0 Å². The molecule has 3 heteroatoms. The van der Waals surface area contributed by atoms with Crippen molar-refractivity contribution in [3.05, 3.63) is 74.7 Å². The predicted molar refractivity (Wildman–Crippen MR) is 89.0 cm³/mol. The van der Waals surface area contributed by atoms with Crippen molar-refractivity contribution >= 4 is 37.4 Å². The topological polar surface area (TPSA) is 26.0 Å². The van der Waals surface area contributed by atoms with Gasteiger partial charge in [-0.15, -0.1) is 0 Å². The van der Waals surface area contributed by atoms with Crippen molar-refractivity contribution in [3.8, 4) is 0 Å². The molecule has 0 aliphatic heterocycles. The van der Waals surface area contributed by atoms with E-state index in [0.29, 0.717) is 0 Å². The summed E-state index contributed by atoms with van der Waals surface area (Å²) < 4.78 is 2.15. The first-order chi connectivity index (χ1) is 9.06. The summed E-state index contributed by atoms with van der Waals surface area (Å²) in [6, 6.07) is 16.6. The average Bonchev–Trinajstić information content (AvgIpc) is 2.38. The summed E-state index contributed by atoms with van der Waals surface area (Å²) in [6.45, 7) is 1.98. The van der Waals surface area contributed by atoms with Crippen LogP contribution in [0.3, 0.4) is 0 Å². The normalized spacial score (nSPS) is 12.0. The van der Waals surface area contributed by atoms with E-state index in [0.717, 1.165) is 14.5 Å². The van der Waals surface area contributed by atoms with E-state index in [1.54, 1.807) is 0 Å². The number of hydrogen-bond donors (Lipinski definition) is 1. The van der Waals surface area contributed by atoms with E-state index < -0.39 is 0 Å². The lowest BCUT2D eigenvalue weighted by molar-refractivity contribution is 0.927. The highest BCUT2D eigenvalue weighted by atomic mass is 79.9. The molecule has 0 saturated carbocycles. The summed E-state index contributed by atoms with van der Waals surface area (Å²) in [5.41, 5.74) is 9.43. The van der Waals surface area contributed by atoms with Crippen molar-refractivity contribution in [2.24, 2.45) is 5.73 Å². The molecule has 0 bridgehead atoms. The second kappa shape index (κ2) is 6.51. The van der Waals surface area contributed by atoms with Crippen LogP contribution in [-0.2, 0) is 0 Å². The fourth-order valence-electron chi connectivity index (χ4n) is 1.88. The molecule has 2 aromatic rings. The van der Waals surface area contributed by atoms with Crippen LogP contribution in [0.25, 0.3) is 5.57 Å². The average molecular weight is 381 g/mol. The van der Waals surface area contributed by atoms with Crippen LogP contribution in [0.4, 0.5) is 0 Å². The van der Waals surface area contributed by atoms with Crippen LogP contribution >= 0.6 is 31.9 Å². The number of rotatable bonds is 3. The molecular formula is C16H15Br2N. The van der Waals surface area contributed by atoms with E-state index in [1.807, 2.05) is 31.2 Å². The van der Waals surface area contributed by atoms with E-state index in [-0.39, 0.29) is 6.04 Å². The summed E-state index contributed by atoms with van der Waals surface area (Å²) in [6.07, 6.45) is 2.09. The highest BCUT2D eigenvalue weighted by Gasteiger charge is 2.06. The van der Waals surface area contributed by atoms with Crippen LogP contribution in [0.2, 0.25) is 0 Å². The first-order valence-electron chi connectivity index (χ1n) is 6.05. The molecule has 2 N–H and O–H groups in total. The van der Waals surface area contributed by atoms with Gasteiger partial charge >= 0.3 is 0 Å². The van der Waals surface area contributed by atoms with Gasteiger partial charge in [0, 0.05) is 15.0 Å². The molecule has 0 saturated heterocycles. The van der Waals surface area contributed by atoms with Crippen LogP contribution in [0.5, 0.6) is 0 Å². The molecule has 1 unspecified atom stereocenters. The first-order valence-corrected chi connectivity index (χ1v) is 7.64. The summed E-state index contributed by atoms with van der Waals surface area (Å²) in [4.78, 5) is 0. The van der Waals surface area contributed by atoms with Gasteiger partial charge in [0.15, 0.2) is 0 Å². The Balaban J connectivity index is 2.47. The smallest absolute Gasteiger partial charge is 0.0204 e. The van der Waals surface area contributed by atoms with Crippen LogP contribution in [0.1, 0.15) is 18.1 Å². The predicted octanol–water partition coefficient (Wildman–Crippen LogP) is 4.99. The van der Waals surface area contributed by atoms with Gasteiger partial charge in [-0.2, -0.15) is 0 Å². The molecule has 1 nitrogen and oxygen atoms in total. The summed E-state index contributed by atoms with van der Waals surface area (Å²) >= 11 is 6.92. The Morgan fingerprint density at radius 3 is 1.58 bits per heavy atom. The molecule has 0 aliphatic rings. The number of nitrogens with two attached hydrogens (primary N) is 1. The van der Waals surface area contributed by atoms with Gasteiger partial charge in [-0.05, 0) is 47.9 Å². The highest BCUT2D eigenvalue weighted by Crippen LogP contribution is 2.26. The van der Waals surface area contributed by atoms with Crippen LogP contribution in [-0.4, -0.2) is 6.04 Å². The third-order valence-electron chi connectivity index (χ3n) is 2.74. The van der Waals surface area contributed by atoms with Gasteiger partial charge in [-0.3, -0.25) is 0 Å². The van der Waals surface area contributed by atoms with Gasteiger partial charge in [-0.1, -0.05) is 62.2 Å². The van der Waals surface area contributed by atoms with Gasteiger partial charge in [0.1, 0.15) is 0 Å². The zero-order valence-electron chi connectivity index (χ0n) is 10.6. The molecule has 2 aromatic carbocycles. The van der Waals surface area contributed by atoms with Gasteiger partial charge in [-0.25, -0.2) is 0 Å². The minimum atomic E-state index is 0.0160. The maximum absolute atomic E-state index is 5.93. The number of halogens is 2. The molecule has 0 heterocycles. The summed E-state index contributed by atoms with van der Waals surface area (Å²) in [5.74, 6) is 0. The van der Waals surface area contributed by atoms with Crippen LogP contribution in [0, 0.1) is 0 Å². The zero-order chi connectivity index (χ0) is 13.8. The van der Waals surface area contributed by atoms with Gasteiger partial charge < -0.3 is 5.73 Å². The van der Waals surface area contributed by atoms with Crippen molar-refractivity contribution in [1.82, 2.24) is 0 Å². The number of benzene rings is 2. The maximum Gasteiger partial charge on any atom is 0.0204 e. The first kappa shape index (κ1) is 14.5. The molecule has 0 amide bonds. The molecule has 0 spiro atoms. The van der Waals surface area contributed by atoms with Crippen LogP contribution in [0.15, 0.2) is 63.6 Å². The lowest BCUT2D eigenvalue weighted by atomic mass is 9.96. The third kappa shape index (κ3) is 4.03. The van der Waals surface area contributed by atoms with Gasteiger partial charge in [0.2, 0.25) is 0 Å². The second-order valence-electron chi connectivity index (χ2n) is 4.45. The molecule has 0 radical (unpaired) electrons. The van der Waals surface area contributed by atoms with E-state index in [1.165, 1.54) is 11.1 Å². The minimum Gasteiger partial charge on any atom is -0.325 e. The molecule has 0 aromatic heterocycles. The molecule has 2 rings (SSSR count). The Morgan fingerprint density at radius 1 is 0.895 bits per heavy atom. The lowest BCUT2D eigenvalue weighted by Crippen LogP contribution is -2.11. The highest BCUT2D eigenvalue weighted by molar-refractivity contribution is 9.10. The van der Waals surface area contributed by atoms with E-state index in [4.69, 9.17) is 5.73 Å². The Kier molecular flexibility index (Phi) is 4.97. The lowest BCUT2D eigenvalue weighted by Gasteiger charge is -2.11. The fourth-order valence-corrected chi connectivity index (χ4v) is 2.41. The minimum absolute atomic E-state index is 0.0160. The molecular weight excluding hydrogens is 366 g/mol. The van der Waals surface area contributed by atoms with Crippen molar-refractivity contribution in [1.29, 1.82) is 0 Å². The number of hydrogen-bond acceptors (Lipinski definition) is 1. The summed E-state index contributed by atoms with van der Waals surface area (Å²) in [7, 11) is 0. The van der Waals surface area contributed by atoms with Crippen molar-refractivity contribution in [2.45, 2.75) is 13.0 Å². The third-order valence-corrected chi connectivity index (χ3v) is 3.80. The van der Waals surface area contributed by atoms with Crippen molar-refractivity contribution in [2.75, 3.05) is 0 Å². The van der Waals surface area contributed by atoms with Gasteiger partial charge in [0.25, 0.3) is 0 Å². The monoisotopic (exact) mass is 379 g/mol. The SMILES string of the molecule is CC(N)C=C(c1ccc(Br)cc1)c1ccc(Br)cc1. The second-order valence-corrected chi connectivity index (χ2v) is 6.28. The Hall–Kier alpha value is -0.900. The van der Waals surface area contributed by atoms with Crippen molar-refractivity contribution in [3.63, 3.8) is 0 Å². The molecule has 19 heavy (non-hydrogen) atoms. The zero-order valence-corrected chi connectivity index (χ0v) is 13.8. The molecule has 0 fully saturated rings. The maximum atomic E-state index is 5.93. The quantitative estimate of drug-likeness (QED) is 0.797.